The van der Waals surface area contributed by atoms with E-state index in [4.69, 9.17) is 13.9 Å². The van der Waals surface area contributed by atoms with Crippen LogP contribution in [0.2, 0.25) is 0 Å². The zero-order valence-corrected chi connectivity index (χ0v) is 9.41. The van der Waals surface area contributed by atoms with E-state index in [0.29, 0.717) is 19.8 Å². The van der Waals surface area contributed by atoms with Crippen molar-refractivity contribution in [3.8, 4) is 0 Å². The van der Waals surface area contributed by atoms with Crippen LogP contribution < -0.4 is 5.32 Å². The number of hydrogen-bond donors (Lipinski definition) is 1. The molecule has 0 bridgehead atoms. The van der Waals surface area contributed by atoms with Gasteiger partial charge in [0.05, 0.1) is 19.8 Å². The molecule has 0 aliphatic rings. The number of furan rings is 1. The Morgan fingerprint density at radius 3 is 2.67 bits per heavy atom. The Balaban J connectivity index is 2.14. The lowest BCUT2D eigenvalue weighted by Gasteiger charge is -2.02. The van der Waals surface area contributed by atoms with E-state index < -0.39 is 0 Å². The Labute approximate surface area is 90.6 Å². The zero-order chi connectivity index (χ0) is 10.9. The standard InChI is InChI=1S/C11H19NO3/c1-3-13-6-7-14-9-11-5-4-10(15-11)8-12-2/h4-5,12H,3,6-9H2,1-2H3. The van der Waals surface area contributed by atoms with Gasteiger partial charge in [-0.15, -0.1) is 0 Å². The molecule has 0 unspecified atom stereocenters. The van der Waals surface area contributed by atoms with Crippen molar-refractivity contribution in [2.24, 2.45) is 0 Å². The summed E-state index contributed by atoms with van der Waals surface area (Å²) in [7, 11) is 1.89. The normalized spacial score (nSPS) is 10.8. The summed E-state index contributed by atoms with van der Waals surface area (Å²) < 4.78 is 16.0. The molecule has 0 amide bonds. The van der Waals surface area contributed by atoms with Crippen molar-refractivity contribution in [3.05, 3.63) is 23.7 Å². The van der Waals surface area contributed by atoms with Crippen LogP contribution in [0, 0.1) is 0 Å². The average molecular weight is 213 g/mol. The predicted molar refractivity (Wildman–Crippen MR) is 57.6 cm³/mol. The van der Waals surface area contributed by atoms with E-state index in [-0.39, 0.29) is 0 Å². The first kappa shape index (κ1) is 12.2. The lowest BCUT2D eigenvalue weighted by Crippen LogP contribution is -2.04. The van der Waals surface area contributed by atoms with Gasteiger partial charge in [-0.3, -0.25) is 0 Å². The predicted octanol–water partition coefficient (Wildman–Crippen LogP) is 1.55. The van der Waals surface area contributed by atoms with E-state index in [1.54, 1.807) is 0 Å². The van der Waals surface area contributed by atoms with E-state index >= 15 is 0 Å². The fourth-order valence-electron chi connectivity index (χ4n) is 1.20. The maximum absolute atomic E-state index is 5.50. The van der Waals surface area contributed by atoms with Gasteiger partial charge in [0.15, 0.2) is 0 Å². The van der Waals surface area contributed by atoms with Crippen LogP contribution in [-0.4, -0.2) is 26.9 Å². The van der Waals surface area contributed by atoms with Crippen LogP contribution in [-0.2, 0) is 22.6 Å². The summed E-state index contributed by atoms with van der Waals surface area (Å²) in [6, 6.07) is 3.89. The molecule has 4 heteroatoms. The minimum atomic E-state index is 0.511. The minimum absolute atomic E-state index is 0.511. The van der Waals surface area contributed by atoms with Crippen LogP contribution in [0.1, 0.15) is 18.4 Å². The SMILES string of the molecule is CCOCCOCc1ccc(CNC)o1. The van der Waals surface area contributed by atoms with Gasteiger partial charge in [-0.05, 0) is 26.1 Å². The van der Waals surface area contributed by atoms with Gasteiger partial charge in [0.2, 0.25) is 0 Å². The molecule has 0 fully saturated rings. The highest BCUT2D eigenvalue weighted by Crippen LogP contribution is 2.08. The van der Waals surface area contributed by atoms with Crippen molar-refractivity contribution in [1.29, 1.82) is 0 Å². The molecule has 1 heterocycles. The molecular weight excluding hydrogens is 194 g/mol. The van der Waals surface area contributed by atoms with E-state index in [2.05, 4.69) is 5.32 Å². The summed E-state index contributed by atoms with van der Waals surface area (Å²) in [5, 5.41) is 3.03. The smallest absolute Gasteiger partial charge is 0.129 e. The van der Waals surface area contributed by atoms with Crippen molar-refractivity contribution < 1.29 is 13.9 Å². The van der Waals surface area contributed by atoms with Gasteiger partial charge in [-0.25, -0.2) is 0 Å². The Morgan fingerprint density at radius 2 is 1.93 bits per heavy atom. The maximum Gasteiger partial charge on any atom is 0.129 e. The molecule has 1 rings (SSSR count). The van der Waals surface area contributed by atoms with Crippen LogP contribution in [0.5, 0.6) is 0 Å². The van der Waals surface area contributed by atoms with Gasteiger partial charge in [0.25, 0.3) is 0 Å². The van der Waals surface area contributed by atoms with Crippen molar-refractivity contribution in [2.45, 2.75) is 20.1 Å². The summed E-state index contributed by atoms with van der Waals surface area (Å²) in [5.41, 5.74) is 0. The fourth-order valence-corrected chi connectivity index (χ4v) is 1.20. The second kappa shape index (κ2) is 7.45. The van der Waals surface area contributed by atoms with E-state index in [0.717, 1.165) is 24.7 Å². The number of hydrogen-bond acceptors (Lipinski definition) is 4. The molecule has 0 saturated carbocycles. The van der Waals surface area contributed by atoms with E-state index in [1.807, 2.05) is 26.1 Å². The van der Waals surface area contributed by atoms with Crippen LogP contribution in [0.25, 0.3) is 0 Å². The highest BCUT2D eigenvalue weighted by Gasteiger charge is 2.00. The van der Waals surface area contributed by atoms with Crippen LogP contribution in [0.15, 0.2) is 16.5 Å². The third kappa shape index (κ3) is 4.97. The summed E-state index contributed by atoms with van der Waals surface area (Å²) in [5.74, 6) is 1.79. The van der Waals surface area contributed by atoms with Crippen molar-refractivity contribution >= 4 is 0 Å². The van der Waals surface area contributed by atoms with Gasteiger partial charge in [-0.2, -0.15) is 0 Å². The quantitative estimate of drug-likeness (QED) is 0.665. The molecule has 0 aliphatic carbocycles. The Bertz CT molecular complexity index is 260. The molecule has 4 nitrogen and oxygen atoms in total. The second-order valence-electron chi connectivity index (χ2n) is 3.15. The third-order valence-corrected chi connectivity index (χ3v) is 1.89. The lowest BCUT2D eigenvalue weighted by atomic mass is 10.4. The average Bonchev–Trinajstić information content (AvgIpc) is 2.66. The van der Waals surface area contributed by atoms with Gasteiger partial charge in [-0.1, -0.05) is 0 Å². The first-order chi connectivity index (χ1) is 7.36. The molecule has 1 N–H and O–H groups in total. The maximum atomic E-state index is 5.50. The highest BCUT2D eigenvalue weighted by atomic mass is 16.5. The summed E-state index contributed by atoms with van der Waals surface area (Å²) in [6.45, 7) is 5.21. The Kier molecular flexibility index (Phi) is 6.08. The fraction of sp³-hybridized carbons (Fsp3) is 0.636. The highest BCUT2D eigenvalue weighted by molar-refractivity contribution is 5.06. The van der Waals surface area contributed by atoms with E-state index in [9.17, 15) is 0 Å². The Morgan fingerprint density at radius 1 is 1.20 bits per heavy atom. The van der Waals surface area contributed by atoms with Gasteiger partial charge < -0.3 is 19.2 Å². The van der Waals surface area contributed by atoms with Crippen molar-refractivity contribution in [1.82, 2.24) is 5.32 Å². The number of nitrogens with one attached hydrogen (secondary N) is 1. The summed E-state index contributed by atoms with van der Waals surface area (Å²) >= 11 is 0. The van der Waals surface area contributed by atoms with Gasteiger partial charge >= 0.3 is 0 Å². The third-order valence-electron chi connectivity index (χ3n) is 1.89. The molecule has 1 aromatic heterocycles. The number of ether oxygens (including phenoxy) is 2. The molecule has 0 aliphatic heterocycles. The van der Waals surface area contributed by atoms with Crippen molar-refractivity contribution in [2.75, 3.05) is 26.9 Å². The molecule has 0 aromatic carbocycles. The molecule has 1 aromatic rings. The molecule has 0 atom stereocenters. The second-order valence-corrected chi connectivity index (χ2v) is 3.15. The van der Waals surface area contributed by atoms with Crippen LogP contribution >= 0.6 is 0 Å². The first-order valence-electron chi connectivity index (χ1n) is 5.24. The van der Waals surface area contributed by atoms with Crippen LogP contribution in [0.4, 0.5) is 0 Å². The largest absolute Gasteiger partial charge is 0.462 e. The molecule has 0 spiro atoms. The van der Waals surface area contributed by atoms with Crippen LogP contribution in [0.3, 0.4) is 0 Å². The minimum Gasteiger partial charge on any atom is -0.462 e. The lowest BCUT2D eigenvalue weighted by molar-refractivity contribution is 0.0387. The Hall–Kier alpha value is -0.840. The zero-order valence-electron chi connectivity index (χ0n) is 9.41. The molecule has 15 heavy (non-hydrogen) atoms. The molecule has 0 radical (unpaired) electrons. The molecule has 0 saturated heterocycles. The summed E-state index contributed by atoms with van der Waals surface area (Å²) in [4.78, 5) is 0. The topological polar surface area (TPSA) is 43.6 Å². The van der Waals surface area contributed by atoms with Gasteiger partial charge in [0.1, 0.15) is 18.1 Å². The summed E-state index contributed by atoms with van der Waals surface area (Å²) in [6.07, 6.45) is 0. The van der Waals surface area contributed by atoms with Gasteiger partial charge in [0, 0.05) is 6.61 Å². The number of rotatable bonds is 8. The molecule has 86 valence electrons. The molecular formula is C11H19NO3. The van der Waals surface area contributed by atoms with Crippen molar-refractivity contribution in [3.63, 3.8) is 0 Å². The first-order valence-corrected chi connectivity index (χ1v) is 5.24. The monoisotopic (exact) mass is 213 g/mol. The van der Waals surface area contributed by atoms with E-state index in [1.165, 1.54) is 0 Å².